The van der Waals surface area contributed by atoms with Crippen LogP contribution in [-0.2, 0) is 27.2 Å². The predicted molar refractivity (Wildman–Crippen MR) is 133 cm³/mol. The smallest absolute Gasteiger partial charge is 0.340 e. The lowest BCUT2D eigenvalue weighted by Crippen LogP contribution is -2.47. The summed E-state index contributed by atoms with van der Waals surface area (Å²) in [5.74, 6) is -1.18. The molecule has 1 aromatic heterocycles. The molecule has 194 valence electrons. The van der Waals surface area contributed by atoms with Gasteiger partial charge in [-0.05, 0) is 69.1 Å². The van der Waals surface area contributed by atoms with Gasteiger partial charge in [0.15, 0.2) is 0 Å². The molecule has 1 saturated carbocycles. The Labute approximate surface area is 209 Å². The summed E-state index contributed by atoms with van der Waals surface area (Å²) in [5.41, 5.74) is 1.75. The molecule has 2 heterocycles. The molecule has 1 fully saturated rings. The van der Waals surface area contributed by atoms with Gasteiger partial charge in [-0.25, -0.2) is 4.79 Å². The van der Waals surface area contributed by atoms with E-state index >= 15 is 0 Å². The van der Waals surface area contributed by atoms with Crippen LogP contribution in [-0.4, -0.2) is 41.1 Å². The second-order valence-corrected chi connectivity index (χ2v) is 9.93. The van der Waals surface area contributed by atoms with Crippen LogP contribution in [0.2, 0.25) is 0 Å². The summed E-state index contributed by atoms with van der Waals surface area (Å²) in [6, 6.07) is 2.99. The minimum Gasteiger partial charge on any atom is -0.487 e. The molecule has 3 N–H and O–H groups in total. The van der Waals surface area contributed by atoms with E-state index in [-0.39, 0.29) is 30.6 Å². The molecule has 4 rings (SSSR count). The maximum atomic E-state index is 12.8. The van der Waals surface area contributed by atoms with Crippen molar-refractivity contribution >= 4 is 28.8 Å². The molecular formula is C27H34N2O7. The normalized spacial score (nSPS) is 17.2. The standard InChI is InChI=1S/C27H34N2O7/c1-3-20(25(33)28-12-8-24(31)32)29-23(30)14-19-16(2)18-13-17-7-11-27(9-5-4-6-10-27)36-21(17)15-22(18)35-26(19)34/h13,15,20H,3-12,14H2,1-2H3,(H,28,33)(H,29,30)(H,31,32). The highest BCUT2D eigenvalue weighted by molar-refractivity contribution is 5.90. The van der Waals surface area contributed by atoms with Crippen LogP contribution in [0.5, 0.6) is 5.75 Å². The fraction of sp³-hybridized carbons (Fsp3) is 0.556. The number of aryl methyl sites for hydroxylation is 2. The number of ether oxygens (including phenoxy) is 1. The van der Waals surface area contributed by atoms with E-state index in [2.05, 4.69) is 10.6 Å². The summed E-state index contributed by atoms with van der Waals surface area (Å²) in [4.78, 5) is 48.5. The van der Waals surface area contributed by atoms with Crippen LogP contribution in [0.15, 0.2) is 21.3 Å². The third-order valence-corrected chi connectivity index (χ3v) is 7.45. The third kappa shape index (κ3) is 5.55. The van der Waals surface area contributed by atoms with Crippen LogP contribution in [0.1, 0.15) is 75.0 Å². The molecule has 1 spiro atoms. The molecule has 2 aliphatic rings. The first-order valence-corrected chi connectivity index (χ1v) is 12.8. The molecule has 2 amide bonds. The van der Waals surface area contributed by atoms with Crippen LogP contribution in [0, 0.1) is 6.92 Å². The lowest BCUT2D eigenvalue weighted by atomic mass is 9.79. The zero-order chi connectivity index (χ0) is 25.9. The molecule has 9 heteroatoms. The number of carboxylic acids is 1. The fourth-order valence-electron chi connectivity index (χ4n) is 5.33. The summed E-state index contributed by atoms with van der Waals surface area (Å²) in [6.07, 6.45) is 7.46. The van der Waals surface area contributed by atoms with Crippen molar-refractivity contribution in [2.45, 2.75) is 89.7 Å². The molecule has 0 bridgehead atoms. The van der Waals surface area contributed by atoms with Crippen molar-refractivity contribution in [2.24, 2.45) is 0 Å². The number of aliphatic carboxylic acids is 1. The average molecular weight is 499 g/mol. The van der Waals surface area contributed by atoms with Crippen LogP contribution in [0.25, 0.3) is 11.0 Å². The molecule has 1 atom stereocenters. The van der Waals surface area contributed by atoms with Crippen LogP contribution >= 0.6 is 0 Å². The van der Waals surface area contributed by atoms with Gasteiger partial charge in [0.25, 0.3) is 0 Å². The number of carboxylic acid groups (broad SMARTS) is 1. The van der Waals surface area contributed by atoms with Gasteiger partial charge in [0.2, 0.25) is 11.8 Å². The lowest BCUT2D eigenvalue weighted by molar-refractivity contribution is -0.137. The van der Waals surface area contributed by atoms with E-state index in [1.54, 1.807) is 13.8 Å². The minimum atomic E-state index is -1.02. The van der Waals surface area contributed by atoms with Gasteiger partial charge in [0, 0.05) is 18.0 Å². The first-order chi connectivity index (χ1) is 17.2. The number of amides is 2. The van der Waals surface area contributed by atoms with E-state index in [0.717, 1.165) is 42.4 Å². The summed E-state index contributed by atoms with van der Waals surface area (Å²) in [6.45, 7) is 3.51. The Hall–Kier alpha value is -3.36. The quantitative estimate of drug-likeness (QED) is 0.476. The van der Waals surface area contributed by atoms with E-state index in [4.69, 9.17) is 14.3 Å². The first-order valence-electron chi connectivity index (χ1n) is 12.8. The lowest BCUT2D eigenvalue weighted by Gasteiger charge is -2.41. The van der Waals surface area contributed by atoms with Gasteiger partial charge in [0.1, 0.15) is 23.0 Å². The highest BCUT2D eigenvalue weighted by Gasteiger charge is 2.37. The summed E-state index contributed by atoms with van der Waals surface area (Å²) < 4.78 is 12.1. The van der Waals surface area contributed by atoms with Gasteiger partial charge in [-0.1, -0.05) is 13.3 Å². The average Bonchev–Trinajstić information content (AvgIpc) is 2.84. The van der Waals surface area contributed by atoms with E-state index in [1.807, 2.05) is 12.1 Å². The van der Waals surface area contributed by atoms with Crippen LogP contribution in [0.4, 0.5) is 0 Å². The van der Waals surface area contributed by atoms with Crippen LogP contribution in [0.3, 0.4) is 0 Å². The van der Waals surface area contributed by atoms with Crippen LogP contribution < -0.4 is 21.0 Å². The second kappa shape index (κ2) is 10.7. The third-order valence-electron chi connectivity index (χ3n) is 7.45. The van der Waals surface area contributed by atoms with Gasteiger partial charge in [0.05, 0.1) is 18.4 Å². The summed E-state index contributed by atoms with van der Waals surface area (Å²) >= 11 is 0. The SMILES string of the molecule is CCC(NC(=O)Cc1c(C)c2cc3c(cc2oc1=O)OC1(CCCCC1)CC3)C(=O)NCCC(=O)O. The molecular weight excluding hydrogens is 464 g/mol. The van der Waals surface area contributed by atoms with Crippen molar-refractivity contribution in [3.63, 3.8) is 0 Å². The minimum absolute atomic E-state index is 0.0247. The number of hydrogen-bond acceptors (Lipinski definition) is 6. The number of hydrogen-bond donors (Lipinski definition) is 3. The van der Waals surface area contributed by atoms with Gasteiger partial charge >= 0.3 is 11.6 Å². The molecule has 36 heavy (non-hydrogen) atoms. The van der Waals surface area contributed by atoms with Crippen molar-refractivity contribution in [1.82, 2.24) is 10.6 Å². The zero-order valence-electron chi connectivity index (χ0n) is 20.9. The van der Waals surface area contributed by atoms with Crippen molar-refractivity contribution in [3.8, 4) is 5.75 Å². The zero-order valence-corrected chi connectivity index (χ0v) is 20.9. The number of fused-ring (bicyclic) bond motifs is 2. The highest BCUT2D eigenvalue weighted by atomic mass is 16.5. The van der Waals surface area contributed by atoms with Crippen molar-refractivity contribution in [2.75, 3.05) is 6.54 Å². The highest BCUT2D eigenvalue weighted by Crippen LogP contribution is 2.43. The number of nitrogens with one attached hydrogen (secondary N) is 2. The molecule has 9 nitrogen and oxygen atoms in total. The molecule has 1 aliphatic heterocycles. The molecule has 2 aromatic rings. The number of rotatable bonds is 8. The van der Waals surface area contributed by atoms with E-state index in [0.29, 0.717) is 17.6 Å². The number of carbonyl (C=O) groups excluding carboxylic acids is 2. The van der Waals surface area contributed by atoms with Gasteiger partial charge in [-0.3, -0.25) is 14.4 Å². The first kappa shape index (κ1) is 25.7. The Morgan fingerprint density at radius 1 is 1.14 bits per heavy atom. The predicted octanol–water partition coefficient (Wildman–Crippen LogP) is 3.16. The van der Waals surface area contributed by atoms with Gasteiger partial charge in [-0.15, -0.1) is 0 Å². The van der Waals surface area contributed by atoms with Crippen molar-refractivity contribution in [1.29, 1.82) is 0 Å². The topological polar surface area (TPSA) is 135 Å². The van der Waals surface area contributed by atoms with E-state index < -0.39 is 29.5 Å². The monoisotopic (exact) mass is 498 g/mol. The van der Waals surface area contributed by atoms with Crippen molar-refractivity contribution in [3.05, 3.63) is 39.2 Å². The largest absolute Gasteiger partial charge is 0.487 e. The van der Waals surface area contributed by atoms with Crippen molar-refractivity contribution < 1.29 is 28.6 Å². The van der Waals surface area contributed by atoms with Gasteiger partial charge < -0.3 is 24.9 Å². The molecule has 1 unspecified atom stereocenters. The Kier molecular flexibility index (Phi) is 7.66. The Balaban J connectivity index is 1.50. The van der Waals surface area contributed by atoms with E-state index in [9.17, 15) is 19.2 Å². The Bertz CT molecular complexity index is 1230. The molecule has 1 aliphatic carbocycles. The number of benzene rings is 1. The van der Waals surface area contributed by atoms with Gasteiger partial charge in [-0.2, -0.15) is 0 Å². The molecule has 0 saturated heterocycles. The second-order valence-electron chi connectivity index (χ2n) is 9.93. The maximum absolute atomic E-state index is 12.8. The number of carbonyl (C=O) groups is 3. The molecule has 1 aromatic carbocycles. The maximum Gasteiger partial charge on any atom is 0.340 e. The van der Waals surface area contributed by atoms with E-state index in [1.165, 1.54) is 19.3 Å². The summed E-state index contributed by atoms with van der Waals surface area (Å²) in [7, 11) is 0. The summed E-state index contributed by atoms with van der Waals surface area (Å²) in [5, 5.41) is 14.6. The Morgan fingerprint density at radius 2 is 1.89 bits per heavy atom. The Morgan fingerprint density at radius 3 is 2.58 bits per heavy atom. The fourth-order valence-corrected chi connectivity index (χ4v) is 5.33. The molecule has 0 radical (unpaired) electrons.